The van der Waals surface area contributed by atoms with E-state index in [1.54, 1.807) is 6.42 Å². The molecule has 4 bridgehead atoms. The highest BCUT2D eigenvalue weighted by Gasteiger charge is 2.48. The lowest BCUT2D eigenvalue weighted by molar-refractivity contribution is -0.0174. The van der Waals surface area contributed by atoms with E-state index in [2.05, 4.69) is 12.2 Å². The summed E-state index contributed by atoms with van der Waals surface area (Å²) in [5.41, 5.74) is 5.82. The van der Waals surface area contributed by atoms with Crippen LogP contribution in [0.1, 0.15) is 45.4 Å². The molecule has 0 heterocycles. The van der Waals surface area contributed by atoms with Gasteiger partial charge < -0.3 is 11.1 Å². The number of rotatable bonds is 4. The number of nitrogens with two attached hydrogens (primary N) is 1. The molecule has 92 valence electrons. The predicted octanol–water partition coefficient (Wildman–Crippen LogP) is 2.14. The first-order valence-corrected chi connectivity index (χ1v) is 7.26. The van der Waals surface area contributed by atoms with Gasteiger partial charge in [0.1, 0.15) is 0 Å². The average molecular weight is 222 g/mol. The standard InChI is InChI=1S/C14H26N2/c1-2-13(8-15)16-14-11-4-9-3-10(6-11)7-12(14)5-9/h9-14,16H,2-8,15H2,1H3. The van der Waals surface area contributed by atoms with Crippen LogP contribution in [0.5, 0.6) is 0 Å². The summed E-state index contributed by atoms with van der Waals surface area (Å²) < 4.78 is 0. The summed E-state index contributed by atoms with van der Waals surface area (Å²) in [6, 6.07) is 1.36. The molecule has 4 aliphatic carbocycles. The lowest BCUT2D eigenvalue weighted by atomic mass is 9.54. The minimum absolute atomic E-state index is 0.558. The van der Waals surface area contributed by atoms with Gasteiger partial charge in [-0.25, -0.2) is 0 Å². The van der Waals surface area contributed by atoms with E-state index < -0.39 is 0 Å². The maximum atomic E-state index is 5.82. The van der Waals surface area contributed by atoms with Crippen LogP contribution < -0.4 is 11.1 Å². The molecule has 16 heavy (non-hydrogen) atoms. The van der Waals surface area contributed by atoms with Crippen molar-refractivity contribution in [3.8, 4) is 0 Å². The van der Waals surface area contributed by atoms with E-state index in [0.717, 1.165) is 36.3 Å². The second kappa shape index (κ2) is 4.30. The molecule has 0 spiro atoms. The first-order chi connectivity index (χ1) is 7.80. The molecular formula is C14H26N2. The third kappa shape index (κ3) is 1.80. The fourth-order valence-corrected chi connectivity index (χ4v) is 4.82. The molecule has 0 saturated heterocycles. The molecule has 0 amide bonds. The van der Waals surface area contributed by atoms with Gasteiger partial charge in [-0.05, 0) is 62.2 Å². The summed E-state index contributed by atoms with van der Waals surface area (Å²) in [5, 5.41) is 3.87. The first-order valence-electron chi connectivity index (χ1n) is 7.26. The zero-order chi connectivity index (χ0) is 11.1. The number of hydrogen-bond donors (Lipinski definition) is 2. The summed E-state index contributed by atoms with van der Waals surface area (Å²) in [5.74, 6) is 4.13. The van der Waals surface area contributed by atoms with Crippen LogP contribution in [0, 0.1) is 23.7 Å². The lowest BCUT2D eigenvalue weighted by Gasteiger charge is -2.55. The molecule has 0 aromatic rings. The van der Waals surface area contributed by atoms with Gasteiger partial charge in [0.15, 0.2) is 0 Å². The number of hydrogen-bond acceptors (Lipinski definition) is 2. The highest BCUT2D eigenvalue weighted by Crippen LogP contribution is 2.53. The third-order valence-electron chi connectivity index (χ3n) is 5.43. The van der Waals surface area contributed by atoms with Crippen LogP contribution in [0.4, 0.5) is 0 Å². The Hall–Kier alpha value is -0.0800. The molecule has 0 radical (unpaired) electrons. The van der Waals surface area contributed by atoms with E-state index >= 15 is 0 Å². The molecule has 1 atom stereocenters. The SMILES string of the molecule is CCC(CN)NC1C2CC3CC(C2)CC1C3. The van der Waals surface area contributed by atoms with Gasteiger partial charge in [-0.15, -0.1) is 0 Å². The van der Waals surface area contributed by atoms with Gasteiger partial charge in [0, 0.05) is 18.6 Å². The molecule has 4 rings (SSSR count). The van der Waals surface area contributed by atoms with Gasteiger partial charge in [-0.2, -0.15) is 0 Å². The van der Waals surface area contributed by atoms with Crippen LogP contribution in [-0.4, -0.2) is 18.6 Å². The molecule has 2 heteroatoms. The minimum atomic E-state index is 0.558. The molecule has 3 N–H and O–H groups in total. The summed E-state index contributed by atoms with van der Waals surface area (Å²) in [7, 11) is 0. The van der Waals surface area contributed by atoms with E-state index in [0.29, 0.717) is 6.04 Å². The second-order valence-electron chi connectivity index (χ2n) is 6.46. The number of nitrogens with one attached hydrogen (secondary N) is 1. The Kier molecular flexibility index (Phi) is 2.97. The predicted molar refractivity (Wildman–Crippen MR) is 67.1 cm³/mol. The van der Waals surface area contributed by atoms with Crippen molar-refractivity contribution in [2.75, 3.05) is 6.54 Å². The van der Waals surface area contributed by atoms with Crippen molar-refractivity contribution in [1.82, 2.24) is 5.32 Å². The van der Waals surface area contributed by atoms with Crippen molar-refractivity contribution in [3.05, 3.63) is 0 Å². The Bertz CT molecular complexity index is 219. The van der Waals surface area contributed by atoms with Gasteiger partial charge >= 0.3 is 0 Å². The molecule has 4 fully saturated rings. The summed E-state index contributed by atoms with van der Waals surface area (Å²) in [6.07, 6.45) is 8.75. The summed E-state index contributed by atoms with van der Waals surface area (Å²) >= 11 is 0. The zero-order valence-corrected chi connectivity index (χ0v) is 10.5. The van der Waals surface area contributed by atoms with Crippen LogP contribution in [0.15, 0.2) is 0 Å². The van der Waals surface area contributed by atoms with E-state index in [1.807, 2.05) is 0 Å². The molecule has 4 aliphatic rings. The van der Waals surface area contributed by atoms with Crippen LogP contribution in [0.25, 0.3) is 0 Å². The Morgan fingerprint density at radius 3 is 2.06 bits per heavy atom. The Balaban J connectivity index is 1.67. The molecule has 2 nitrogen and oxygen atoms in total. The topological polar surface area (TPSA) is 38.0 Å². The minimum Gasteiger partial charge on any atom is -0.329 e. The van der Waals surface area contributed by atoms with Gasteiger partial charge in [0.2, 0.25) is 0 Å². The van der Waals surface area contributed by atoms with Crippen LogP contribution in [-0.2, 0) is 0 Å². The van der Waals surface area contributed by atoms with Crippen molar-refractivity contribution < 1.29 is 0 Å². The maximum Gasteiger partial charge on any atom is 0.0190 e. The largest absolute Gasteiger partial charge is 0.329 e. The molecule has 0 aromatic heterocycles. The van der Waals surface area contributed by atoms with E-state index in [9.17, 15) is 0 Å². The van der Waals surface area contributed by atoms with Crippen molar-refractivity contribution in [2.45, 2.75) is 57.5 Å². The van der Waals surface area contributed by atoms with Crippen LogP contribution >= 0.6 is 0 Å². The Morgan fingerprint density at radius 2 is 1.62 bits per heavy atom. The molecule has 1 unspecified atom stereocenters. The molecule has 0 aliphatic heterocycles. The van der Waals surface area contributed by atoms with Crippen molar-refractivity contribution in [1.29, 1.82) is 0 Å². The molecular weight excluding hydrogens is 196 g/mol. The van der Waals surface area contributed by atoms with Crippen molar-refractivity contribution >= 4 is 0 Å². The van der Waals surface area contributed by atoms with Crippen LogP contribution in [0.3, 0.4) is 0 Å². The monoisotopic (exact) mass is 222 g/mol. The molecule has 4 saturated carbocycles. The van der Waals surface area contributed by atoms with Gasteiger partial charge in [0.25, 0.3) is 0 Å². The Morgan fingerprint density at radius 1 is 1.06 bits per heavy atom. The highest BCUT2D eigenvalue weighted by molar-refractivity contribution is 5.02. The maximum absolute atomic E-state index is 5.82. The van der Waals surface area contributed by atoms with Crippen molar-refractivity contribution in [3.63, 3.8) is 0 Å². The second-order valence-corrected chi connectivity index (χ2v) is 6.46. The lowest BCUT2D eigenvalue weighted by Crippen LogP contribution is -2.57. The van der Waals surface area contributed by atoms with Gasteiger partial charge in [-0.3, -0.25) is 0 Å². The normalized spacial score (nSPS) is 47.2. The summed E-state index contributed by atoms with van der Waals surface area (Å²) in [4.78, 5) is 0. The molecule has 0 aromatic carbocycles. The quantitative estimate of drug-likeness (QED) is 0.765. The summed E-state index contributed by atoms with van der Waals surface area (Å²) in [6.45, 7) is 3.06. The third-order valence-corrected chi connectivity index (χ3v) is 5.43. The smallest absolute Gasteiger partial charge is 0.0190 e. The first kappa shape index (κ1) is 11.0. The fourth-order valence-electron chi connectivity index (χ4n) is 4.82. The van der Waals surface area contributed by atoms with E-state index in [-0.39, 0.29) is 0 Å². The van der Waals surface area contributed by atoms with Crippen LogP contribution in [0.2, 0.25) is 0 Å². The van der Waals surface area contributed by atoms with Gasteiger partial charge in [-0.1, -0.05) is 6.92 Å². The fraction of sp³-hybridized carbons (Fsp3) is 1.00. The zero-order valence-electron chi connectivity index (χ0n) is 10.5. The van der Waals surface area contributed by atoms with Crippen molar-refractivity contribution in [2.24, 2.45) is 29.4 Å². The Labute approximate surface area is 99.4 Å². The van der Waals surface area contributed by atoms with E-state index in [4.69, 9.17) is 5.73 Å². The average Bonchev–Trinajstić information content (AvgIpc) is 2.28. The van der Waals surface area contributed by atoms with Gasteiger partial charge in [0.05, 0.1) is 0 Å². The van der Waals surface area contributed by atoms with E-state index in [1.165, 1.54) is 32.1 Å². The highest BCUT2D eigenvalue weighted by atomic mass is 15.0.